The van der Waals surface area contributed by atoms with Crippen LogP contribution < -0.4 is 10.1 Å². The van der Waals surface area contributed by atoms with E-state index in [1.165, 1.54) is 16.7 Å². The molecule has 1 atom stereocenters. The van der Waals surface area contributed by atoms with Crippen LogP contribution in [0.25, 0.3) is 0 Å². The number of fused-ring (bicyclic) bond motifs is 1. The molecule has 0 aliphatic carbocycles. The van der Waals surface area contributed by atoms with Crippen molar-refractivity contribution in [2.24, 2.45) is 5.92 Å². The van der Waals surface area contributed by atoms with E-state index < -0.39 is 0 Å². The van der Waals surface area contributed by atoms with Gasteiger partial charge in [0.15, 0.2) is 0 Å². The monoisotopic (exact) mass is 414 g/mol. The van der Waals surface area contributed by atoms with Crippen LogP contribution in [0.1, 0.15) is 56.0 Å². The molecule has 1 amide bonds. The molecule has 156 valence electrons. The van der Waals surface area contributed by atoms with Gasteiger partial charge in [-0.25, -0.2) is 0 Å². The molecule has 0 bridgehead atoms. The van der Waals surface area contributed by atoms with Crippen molar-refractivity contribution >= 4 is 17.5 Å². The maximum absolute atomic E-state index is 11.3. The SMILES string of the molecule is CC(=O)NC(C)c1ccc2c(c1)CCN(Cc1ccc(OCC(C)C)c(Cl)c1)C2. The van der Waals surface area contributed by atoms with Gasteiger partial charge in [-0.2, -0.15) is 0 Å². The molecule has 2 aromatic carbocycles. The topological polar surface area (TPSA) is 41.6 Å². The van der Waals surface area contributed by atoms with Gasteiger partial charge in [-0.15, -0.1) is 0 Å². The molecule has 0 spiro atoms. The molecule has 5 heteroatoms. The Morgan fingerprint density at radius 2 is 1.97 bits per heavy atom. The van der Waals surface area contributed by atoms with E-state index in [9.17, 15) is 4.79 Å². The Balaban J connectivity index is 1.62. The smallest absolute Gasteiger partial charge is 0.217 e. The number of amides is 1. The second-order valence-corrected chi connectivity index (χ2v) is 8.79. The summed E-state index contributed by atoms with van der Waals surface area (Å²) >= 11 is 6.42. The van der Waals surface area contributed by atoms with Gasteiger partial charge < -0.3 is 10.1 Å². The third-order valence-corrected chi connectivity index (χ3v) is 5.51. The third-order valence-electron chi connectivity index (χ3n) is 5.22. The first-order valence-corrected chi connectivity index (χ1v) is 10.7. The highest BCUT2D eigenvalue weighted by Crippen LogP contribution is 2.28. The van der Waals surface area contributed by atoms with Crippen molar-refractivity contribution in [1.82, 2.24) is 10.2 Å². The summed E-state index contributed by atoms with van der Waals surface area (Å²) in [4.78, 5) is 13.8. The lowest BCUT2D eigenvalue weighted by Crippen LogP contribution is -2.30. The van der Waals surface area contributed by atoms with Gasteiger partial charge >= 0.3 is 0 Å². The summed E-state index contributed by atoms with van der Waals surface area (Å²) in [6.07, 6.45) is 1.01. The fourth-order valence-electron chi connectivity index (χ4n) is 3.70. The van der Waals surface area contributed by atoms with Crippen LogP contribution in [0.2, 0.25) is 5.02 Å². The number of rotatable bonds is 7. The van der Waals surface area contributed by atoms with Gasteiger partial charge in [-0.1, -0.05) is 49.7 Å². The highest BCUT2D eigenvalue weighted by molar-refractivity contribution is 6.32. The molecule has 4 nitrogen and oxygen atoms in total. The second kappa shape index (κ2) is 9.64. The van der Waals surface area contributed by atoms with E-state index in [0.717, 1.165) is 37.4 Å². The Labute approximate surface area is 179 Å². The minimum absolute atomic E-state index is 0.000631. The molecule has 1 aliphatic rings. The van der Waals surface area contributed by atoms with Gasteiger partial charge in [-0.3, -0.25) is 9.69 Å². The van der Waals surface area contributed by atoms with Gasteiger partial charge in [0.25, 0.3) is 0 Å². The largest absolute Gasteiger partial charge is 0.492 e. The predicted molar refractivity (Wildman–Crippen MR) is 118 cm³/mol. The van der Waals surface area contributed by atoms with Crippen LogP contribution in [0.15, 0.2) is 36.4 Å². The van der Waals surface area contributed by atoms with Crippen LogP contribution in [0, 0.1) is 5.92 Å². The fourth-order valence-corrected chi connectivity index (χ4v) is 3.96. The summed E-state index contributed by atoms with van der Waals surface area (Å²) < 4.78 is 5.77. The minimum atomic E-state index is 0.000631. The highest BCUT2D eigenvalue weighted by atomic mass is 35.5. The van der Waals surface area contributed by atoms with Crippen molar-refractivity contribution in [2.75, 3.05) is 13.2 Å². The number of ether oxygens (including phenoxy) is 1. The van der Waals surface area contributed by atoms with Gasteiger partial charge in [0.1, 0.15) is 5.75 Å². The normalized spacial score (nSPS) is 15.1. The summed E-state index contributed by atoms with van der Waals surface area (Å²) in [7, 11) is 0. The Hall–Kier alpha value is -2.04. The van der Waals surface area contributed by atoms with Crippen molar-refractivity contribution in [2.45, 2.75) is 53.2 Å². The van der Waals surface area contributed by atoms with E-state index in [1.807, 2.05) is 19.1 Å². The Kier molecular flexibility index (Phi) is 7.20. The fraction of sp³-hybridized carbons (Fsp3) is 0.458. The van der Waals surface area contributed by atoms with E-state index in [2.05, 4.69) is 48.3 Å². The first-order valence-electron chi connectivity index (χ1n) is 10.3. The lowest BCUT2D eigenvalue weighted by molar-refractivity contribution is -0.119. The van der Waals surface area contributed by atoms with E-state index >= 15 is 0 Å². The predicted octanol–water partition coefficient (Wildman–Crippen LogP) is 5.13. The van der Waals surface area contributed by atoms with Gasteiger partial charge in [-0.05, 0) is 53.6 Å². The van der Waals surface area contributed by atoms with Crippen molar-refractivity contribution in [3.63, 3.8) is 0 Å². The molecule has 0 saturated heterocycles. The van der Waals surface area contributed by atoms with E-state index in [-0.39, 0.29) is 11.9 Å². The summed E-state index contributed by atoms with van der Waals surface area (Å²) in [6.45, 7) is 11.3. The van der Waals surface area contributed by atoms with Crippen LogP contribution in [0.5, 0.6) is 5.75 Å². The number of carbonyl (C=O) groups excluding carboxylic acids is 1. The van der Waals surface area contributed by atoms with Crippen molar-refractivity contribution in [1.29, 1.82) is 0 Å². The molecule has 1 aliphatic heterocycles. The number of hydrogen-bond acceptors (Lipinski definition) is 3. The molecule has 0 fully saturated rings. The molecular weight excluding hydrogens is 384 g/mol. The zero-order chi connectivity index (χ0) is 21.0. The van der Waals surface area contributed by atoms with Crippen LogP contribution in [0.4, 0.5) is 0 Å². The van der Waals surface area contributed by atoms with Crippen LogP contribution in [-0.4, -0.2) is 24.0 Å². The quantitative estimate of drug-likeness (QED) is 0.682. The Morgan fingerprint density at radius 3 is 2.66 bits per heavy atom. The number of benzene rings is 2. The molecule has 3 rings (SSSR count). The molecule has 2 aromatic rings. The number of carbonyl (C=O) groups is 1. The zero-order valence-electron chi connectivity index (χ0n) is 17.8. The molecule has 0 radical (unpaired) electrons. The maximum atomic E-state index is 11.3. The molecule has 1 unspecified atom stereocenters. The molecule has 1 heterocycles. The molecular formula is C24H31ClN2O2. The maximum Gasteiger partial charge on any atom is 0.217 e. The Bertz CT molecular complexity index is 866. The number of halogens is 1. The summed E-state index contributed by atoms with van der Waals surface area (Å²) in [6, 6.07) is 12.7. The van der Waals surface area contributed by atoms with Crippen LogP contribution in [0.3, 0.4) is 0 Å². The van der Waals surface area contributed by atoms with Gasteiger partial charge in [0.05, 0.1) is 17.7 Å². The second-order valence-electron chi connectivity index (χ2n) is 8.38. The van der Waals surface area contributed by atoms with Gasteiger partial charge in [0.2, 0.25) is 5.91 Å². The number of hydrogen-bond donors (Lipinski definition) is 1. The summed E-state index contributed by atoms with van der Waals surface area (Å²) in [5, 5.41) is 3.64. The Morgan fingerprint density at radius 1 is 1.17 bits per heavy atom. The number of nitrogens with zero attached hydrogens (tertiary/aromatic N) is 1. The summed E-state index contributed by atoms with van der Waals surface area (Å²) in [5.41, 5.74) is 5.10. The minimum Gasteiger partial charge on any atom is -0.492 e. The van der Waals surface area contributed by atoms with Crippen LogP contribution >= 0.6 is 11.6 Å². The van der Waals surface area contributed by atoms with E-state index in [4.69, 9.17) is 16.3 Å². The lowest BCUT2D eigenvalue weighted by atomic mass is 9.95. The molecule has 0 aromatic heterocycles. The molecule has 0 saturated carbocycles. The molecule has 29 heavy (non-hydrogen) atoms. The first kappa shape index (κ1) is 21.7. The standard InChI is InChI=1S/C24H31ClN2O2/c1-16(2)15-29-24-8-5-19(11-23(24)25)13-27-10-9-21-12-20(6-7-22(21)14-27)17(3)26-18(4)28/h5-8,11-12,16-17H,9-10,13-15H2,1-4H3,(H,26,28). The zero-order valence-corrected chi connectivity index (χ0v) is 18.6. The van der Waals surface area contributed by atoms with Crippen molar-refractivity contribution in [3.05, 3.63) is 63.7 Å². The average Bonchev–Trinajstić information content (AvgIpc) is 2.66. The highest BCUT2D eigenvalue weighted by Gasteiger charge is 2.18. The summed E-state index contributed by atoms with van der Waals surface area (Å²) in [5.74, 6) is 1.23. The van der Waals surface area contributed by atoms with Crippen LogP contribution in [-0.2, 0) is 24.3 Å². The van der Waals surface area contributed by atoms with E-state index in [1.54, 1.807) is 6.92 Å². The van der Waals surface area contributed by atoms with Gasteiger partial charge in [0, 0.05) is 26.6 Å². The van der Waals surface area contributed by atoms with E-state index in [0.29, 0.717) is 17.5 Å². The average molecular weight is 415 g/mol. The van der Waals surface area contributed by atoms with Crippen molar-refractivity contribution in [3.8, 4) is 5.75 Å². The molecule has 1 N–H and O–H groups in total. The number of nitrogens with one attached hydrogen (secondary N) is 1. The third kappa shape index (κ3) is 5.97. The van der Waals surface area contributed by atoms with Crippen molar-refractivity contribution < 1.29 is 9.53 Å². The lowest BCUT2D eigenvalue weighted by Gasteiger charge is -2.29. The first-order chi connectivity index (χ1) is 13.8.